The van der Waals surface area contributed by atoms with Gasteiger partial charge in [-0.15, -0.1) is 23.5 Å². The Kier molecular flexibility index (Phi) is 4.69. The molecule has 1 saturated heterocycles. The van der Waals surface area contributed by atoms with E-state index in [9.17, 15) is 0 Å². The molecule has 0 spiro atoms. The maximum atomic E-state index is 5.51. The highest BCUT2D eigenvalue weighted by molar-refractivity contribution is 8.16. The summed E-state index contributed by atoms with van der Waals surface area (Å²) in [7, 11) is 1.77. The molecule has 0 amide bonds. The molecule has 0 saturated carbocycles. The molecule has 0 aromatic heterocycles. The summed E-state index contributed by atoms with van der Waals surface area (Å²) in [5, 5.41) is 0. The van der Waals surface area contributed by atoms with Gasteiger partial charge in [-0.05, 0) is 41.5 Å². The first-order chi connectivity index (χ1) is 8.22. The van der Waals surface area contributed by atoms with E-state index in [-0.39, 0.29) is 0 Å². The van der Waals surface area contributed by atoms with Gasteiger partial charge in [-0.3, -0.25) is 0 Å². The number of hydrogen-bond donors (Lipinski definition) is 0. The summed E-state index contributed by atoms with van der Waals surface area (Å²) in [6.07, 6.45) is 1.33. The monoisotopic (exact) mass is 268 g/mol. The van der Waals surface area contributed by atoms with Crippen molar-refractivity contribution in [1.29, 1.82) is 0 Å². The highest BCUT2D eigenvalue weighted by atomic mass is 32.2. The molecular formula is C14H20OS2. The Hall–Kier alpha value is -0.280. The van der Waals surface area contributed by atoms with Gasteiger partial charge in [0.15, 0.2) is 0 Å². The Morgan fingerprint density at radius 2 is 1.94 bits per heavy atom. The number of rotatable bonds is 3. The van der Waals surface area contributed by atoms with Gasteiger partial charge in [0.25, 0.3) is 0 Å². The molecule has 1 fully saturated rings. The quantitative estimate of drug-likeness (QED) is 0.787. The summed E-state index contributed by atoms with van der Waals surface area (Å²) >= 11 is 4.10. The highest BCUT2D eigenvalue weighted by Gasteiger charge is 2.20. The fourth-order valence-corrected chi connectivity index (χ4v) is 4.89. The Morgan fingerprint density at radius 1 is 1.24 bits per heavy atom. The van der Waals surface area contributed by atoms with Gasteiger partial charge in [0, 0.05) is 5.56 Å². The average molecular weight is 268 g/mol. The van der Waals surface area contributed by atoms with Crippen molar-refractivity contribution in [2.24, 2.45) is 0 Å². The summed E-state index contributed by atoms with van der Waals surface area (Å²) in [6.45, 7) is 4.49. The van der Waals surface area contributed by atoms with Crippen molar-refractivity contribution in [3.8, 4) is 5.75 Å². The van der Waals surface area contributed by atoms with Crippen molar-refractivity contribution in [1.82, 2.24) is 0 Å². The lowest BCUT2D eigenvalue weighted by atomic mass is 10.0. The first-order valence-electron chi connectivity index (χ1n) is 6.13. The average Bonchev–Trinajstić information content (AvgIpc) is 2.39. The fourth-order valence-electron chi connectivity index (χ4n) is 1.96. The minimum Gasteiger partial charge on any atom is -0.496 e. The summed E-state index contributed by atoms with van der Waals surface area (Å²) in [6, 6.07) is 6.64. The second kappa shape index (κ2) is 6.05. The van der Waals surface area contributed by atoms with Gasteiger partial charge in [-0.1, -0.05) is 19.9 Å². The molecule has 1 aromatic rings. The molecule has 0 N–H and O–H groups in total. The second-order valence-electron chi connectivity index (χ2n) is 4.58. The molecule has 1 aromatic carbocycles. The molecule has 1 heterocycles. The van der Waals surface area contributed by atoms with E-state index in [4.69, 9.17) is 4.74 Å². The molecule has 3 heteroatoms. The summed E-state index contributed by atoms with van der Waals surface area (Å²) in [4.78, 5) is 0. The van der Waals surface area contributed by atoms with E-state index >= 15 is 0 Å². The van der Waals surface area contributed by atoms with Crippen molar-refractivity contribution in [2.75, 3.05) is 18.6 Å². The Morgan fingerprint density at radius 3 is 2.53 bits per heavy atom. The summed E-state index contributed by atoms with van der Waals surface area (Å²) in [5.41, 5.74) is 2.78. The molecule has 0 radical (unpaired) electrons. The maximum Gasteiger partial charge on any atom is 0.124 e. The van der Waals surface area contributed by atoms with E-state index in [0.717, 1.165) is 5.75 Å². The minimum atomic E-state index is 0.553. The molecule has 1 nitrogen and oxygen atoms in total. The Balaban J connectivity index is 2.30. The van der Waals surface area contributed by atoms with Crippen LogP contribution in [0.4, 0.5) is 0 Å². The Bertz CT molecular complexity index is 370. The third-order valence-corrected chi connectivity index (χ3v) is 5.98. The van der Waals surface area contributed by atoms with E-state index < -0.39 is 0 Å². The Labute approximate surface area is 113 Å². The van der Waals surface area contributed by atoms with E-state index in [1.165, 1.54) is 29.1 Å². The van der Waals surface area contributed by atoms with Crippen molar-refractivity contribution >= 4 is 23.5 Å². The van der Waals surface area contributed by atoms with Gasteiger partial charge in [-0.2, -0.15) is 0 Å². The van der Waals surface area contributed by atoms with Crippen molar-refractivity contribution in [3.63, 3.8) is 0 Å². The molecule has 0 unspecified atom stereocenters. The van der Waals surface area contributed by atoms with Crippen LogP contribution in [0.15, 0.2) is 18.2 Å². The minimum absolute atomic E-state index is 0.553. The van der Waals surface area contributed by atoms with Crippen LogP contribution < -0.4 is 4.74 Å². The van der Waals surface area contributed by atoms with Crippen LogP contribution in [0.3, 0.4) is 0 Å². The third-order valence-electron chi connectivity index (χ3n) is 3.00. The van der Waals surface area contributed by atoms with Crippen LogP contribution >= 0.6 is 23.5 Å². The zero-order valence-electron chi connectivity index (χ0n) is 10.7. The largest absolute Gasteiger partial charge is 0.496 e. The number of benzene rings is 1. The second-order valence-corrected chi connectivity index (χ2v) is 7.31. The van der Waals surface area contributed by atoms with E-state index in [1.54, 1.807) is 7.11 Å². The van der Waals surface area contributed by atoms with Gasteiger partial charge in [0.2, 0.25) is 0 Å². The first kappa shape index (κ1) is 13.2. The van der Waals surface area contributed by atoms with Crippen LogP contribution in [0, 0.1) is 0 Å². The van der Waals surface area contributed by atoms with Gasteiger partial charge in [0.1, 0.15) is 5.75 Å². The first-order valence-corrected chi connectivity index (χ1v) is 8.23. The topological polar surface area (TPSA) is 9.23 Å². The van der Waals surface area contributed by atoms with Gasteiger partial charge >= 0.3 is 0 Å². The molecule has 94 valence electrons. The number of ether oxygens (including phenoxy) is 1. The van der Waals surface area contributed by atoms with Gasteiger partial charge < -0.3 is 4.74 Å². The molecule has 0 atom stereocenters. The van der Waals surface area contributed by atoms with Crippen molar-refractivity contribution in [2.45, 2.75) is 30.8 Å². The van der Waals surface area contributed by atoms with Crippen LogP contribution in [0.5, 0.6) is 5.75 Å². The molecule has 2 rings (SSSR count). The molecule has 0 aliphatic carbocycles. The van der Waals surface area contributed by atoms with Gasteiger partial charge in [0.05, 0.1) is 11.7 Å². The van der Waals surface area contributed by atoms with Crippen LogP contribution in [0.25, 0.3) is 0 Å². The third kappa shape index (κ3) is 3.14. The zero-order chi connectivity index (χ0) is 12.3. The number of thioether (sulfide) groups is 2. The fraction of sp³-hybridized carbons (Fsp3) is 0.571. The van der Waals surface area contributed by atoms with Gasteiger partial charge in [-0.25, -0.2) is 0 Å². The highest BCUT2D eigenvalue weighted by Crippen LogP contribution is 2.47. The lowest BCUT2D eigenvalue weighted by molar-refractivity contribution is 0.411. The molecular weight excluding hydrogens is 248 g/mol. The number of hydrogen-bond acceptors (Lipinski definition) is 3. The molecule has 1 aliphatic heterocycles. The van der Waals surface area contributed by atoms with Crippen molar-refractivity contribution in [3.05, 3.63) is 29.3 Å². The molecule has 1 aliphatic rings. The molecule has 0 bridgehead atoms. The lowest BCUT2D eigenvalue weighted by Gasteiger charge is -2.24. The smallest absolute Gasteiger partial charge is 0.124 e. The van der Waals surface area contributed by atoms with Crippen LogP contribution in [0.2, 0.25) is 0 Å². The maximum absolute atomic E-state index is 5.51. The normalized spacial score (nSPS) is 17.4. The molecule has 17 heavy (non-hydrogen) atoms. The predicted octanol–water partition coefficient (Wildman–Crippen LogP) is 4.69. The van der Waals surface area contributed by atoms with Crippen LogP contribution in [-0.4, -0.2) is 18.6 Å². The lowest BCUT2D eigenvalue weighted by Crippen LogP contribution is -2.03. The van der Waals surface area contributed by atoms with Crippen molar-refractivity contribution < 1.29 is 4.74 Å². The number of methoxy groups -OCH3 is 1. The van der Waals surface area contributed by atoms with E-state index in [2.05, 4.69) is 32.0 Å². The van der Waals surface area contributed by atoms with E-state index in [0.29, 0.717) is 10.5 Å². The van der Waals surface area contributed by atoms with Crippen LogP contribution in [0.1, 0.15) is 41.9 Å². The van der Waals surface area contributed by atoms with E-state index in [1.807, 2.05) is 23.5 Å². The van der Waals surface area contributed by atoms with Crippen LogP contribution in [-0.2, 0) is 0 Å². The zero-order valence-corrected chi connectivity index (χ0v) is 12.4. The SMILES string of the molecule is COc1ccc(C(C)C)cc1C1SCCCS1. The summed E-state index contributed by atoms with van der Waals surface area (Å²) < 4.78 is 6.06. The predicted molar refractivity (Wildman–Crippen MR) is 79.4 cm³/mol. The standard InChI is InChI=1S/C14H20OS2/c1-10(2)11-5-6-13(15-3)12(9-11)14-16-7-4-8-17-14/h5-6,9-10,14H,4,7-8H2,1-3H3. The summed E-state index contributed by atoms with van der Waals surface area (Å²) in [5.74, 6) is 4.17.